The number of nitrogens with zero attached hydrogens (tertiary/aromatic N) is 4. The van der Waals surface area contributed by atoms with Crippen molar-refractivity contribution in [3.8, 4) is 5.69 Å². The second kappa shape index (κ2) is 11.8. The number of halogens is 1. The van der Waals surface area contributed by atoms with Crippen LogP contribution >= 0.6 is 0 Å². The SMILES string of the molecule is CCn1c(COCc2ccccc2)nn(-c2cc3c(cc2F)N(C(C)=O)C(c2ccccc2C)CC3C(C)C)c1=O. The predicted molar refractivity (Wildman–Crippen MR) is 158 cm³/mol. The smallest absolute Gasteiger partial charge is 0.350 e. The van der Waals surface area contributed by atoms with Crippen molar-refractivity contribution in [2.45, 2.75) is 72.8 Å². The Morgan fingerprint density at radius 3 is 2.39 bits per heavy atom. The summed E-state index contributed by atoms with van der Waals surface area (Å²) in [4.78, 5) is 28.2. The van der Waals surface area contributed by atoms with E-state index in [1.54, 1.807) is 11.0 Å². The highest BCUT2D eigenvalue weighted by Crippen LogP contribution is 2.49. The summed E-state index contributed by atoms with van der Waals surface area (Å²) in [5, 5.41) is 4.51. The fourth-order valence-corrected chi connectivity index (χ4v) is 5.98. The third-order valence-electron chi connectivity index (χ3n) is 8.06. The van der Waals surface area contributed by atoms with Crippen LogP contribution in [0.25, 0.3) is 5.69 Å². The van der Waals surface area contributed by atoms with Gasteiger partial charge in [0.1, 0.15) is 12.3 Å². The van der Waals surface area contributed by atoms with Crippen molar-refractivity contribution in [3.63, 3.8) is 0 Å². The van der Waals surface area contributed by atoms with Crippen molar-refractivity contribution < 1.29 is 13.9 Å². The third kappa shape index (κ3) is 5.48. The van der Waals surface area contributed by atoms with Gasteiger partial charge in [-0.2, -0.15) is 4.68 Å². The molecule has 0 saturated carbocycles. The molecule has 4 aromatic rings. The molecule has 0 bridgehead atoms. The van der Waals surface area contributed by atoms with Crippen LogP contribution in [0, 0.1) is 18.7 Å². The van der Waals surface area contributed by atoms with Gasteiger partial charge in [-0.05, 0) is 60.4 Å². The zero-order valence-electron chi connectivity index (χ0n) is 24.3. The van der Waals surface area contributed by atoms with Crippen molar-refractivity contribution in [1.29, 1.82) is 0 Å². The topological polar surface area (TPSA) is 69.4 Å². The van der Waals surface area contributed by atoms with Crippen LogP contribution < -0.4 is 10.6 Å². The summed E-state index contributed by atoms with van der Waals surface area (Å²) in [6.45, 7) is 10.5. The summed E-state index contributed by atoms with van der Waals surface area (Å²) >= 11 is 0. The van der Waals surface area contributed by atoms with Gasteiger partial charge < -0.3 is 9.64 Å². The van der Waals surface area contributed by atoms with Gasteiger partial charge in [0, 0.05) is 19.5 Å². The van der Waals surface area contributed by atoms with Gasteiger partial charge in [0.25, 0.3) is 0 Å². The molecular formula is C33H37FN4O3. The quantitative estimate of drug-likeness (QED) is 0.250. The Hall–Kier alpha value is -4.04. The van der Waals surface area contributed by atoms with E-state index in [1.165, 1.54) is 17.6 Å². The lowest BCUT2D eigenvalue weighted by atomic mass is 9.76. The van der Waals surface area contributed by atoms with Crippen LogP contribution in [-0.2, 0) is 29.3 Å². The first kappa shape index (κ1) is 28.5. The molecule has 7 nitrogen and oxygen atoms in total. The Morgan fingerprint density at radius 2 is 1.73 bits per heavy atom. The monoisotopic (exact) mass is 556 g/mol. The van der Waals surface area contributed by atoms with E-state index in [1.807, 2.05) is 68.4 Å². The Balaban J connectivity index is 1.56. The fraction of sp³-hybridized carbons (Fsp3) is 0.364. The van der Waals surface area contributed by atoms with Gasteiger partial charge in [-0.3, -0.25) is 9.36 Å². The number of fused-ring (bicyclic) bond motifs is 1. The zero-order chi connectivity index (χ0) is 29.3. The number of rotatable bonds is 8. The lowest BCUT2D eigenvalue weighted by Crippen LogP contribution is -2.39. The maximum atomic E-state index is 16.0. The van der Waals surface area contributed by atoms with Crippen molar-refractivity contribution in [1.82, 2.24) is 14.3 Å². The second-order valence-electron chi connectivity index (χ2n) is 11.0. The Kier molecular flexibility index (Phi) is 8.22. The molecular weight excluding hydrogens is 519 g/mol. The molecule has 0 saturated heterocycles. The van der Waals surface area contributed by atoms with Gasteiger partial charge in [-0.25, -0.2) is 9.18 Å². The number of ether oxygens (including phenoxy) is 1. The minimum atomic E-state index is -0.609. The second-order valence-corrected chi connectivity index (χ2v) is 11.0. The van der Waals surface area contributed by atoms with Crippen LogP contribution in [0.2, 0.25) is 0 Å². The van der Waals surface area contributed by atoms with Crippen LogP contribution in [0.1, 0.15) is 74.2 Å². The fourth-order valence-electron chi connectivity index (χ4n) is 5.98. The lowest BCUT2D eigenvalue weighted by Gasteiger charge is -2.43. The molecule has 0 radical (unpaired) electrons. The number of hydrogen-bond donors (Lipinski definition) is 0. The van der Waals surface area contributed by atoms with E-state index in [0.717, 1.165) is 26.9 Å². The number of carbonyl (C=O) groups is 1. The summed E-state index contributed by atoms with van der Waals surface area (Å²) in [7, 11) is 0. The highest BCUT2D eigenvalue weighted by atomic mass is 19.1. The highest BCUT2D eigenvalue weighted by Gasteiger charge is 2.38. The zero-order valence-corrected chi connectivity index (χ0v) is 24.3. The molecule has 1 aliphatic rings. The number of carbonyl (C=O) groups excluding carboxylic acids is 1. The van der Waals surface area contributed by atoms with Gasteiger partial charge in [0.15, 0.2) is 11.6 Å². The van der Waals surface area contributed by atoms with E-state index in [9.17, 15) is 9.59 Å². The molecule has 5 rings (SSSR count). The number of aromatic nitrogens is 3. The molecule has 0 spiro atoms. The number of anilines is 1. The molecule has 0 N–H and O–H groups in total. The van der Waals surface area contributed by atoms with Gasteiger partial charge >= 0.3 is 5.69 Å². The molecule has 0 aliphatic carbocycles. The maximum Gasteiger partial charge on any atom is 0.350 e. The molecule has 1 aliphatic heterocycles. The van der Waals surface area contributed by atoms with Crippen LogP contribution in [0.15, 0.2) is 71.5 Å². The Morgan fingerprint density at radius 1 is 1.02 bits per heavy atom. The van der Waals surface area contributed by atoms with Gasteiger partial charge in [-0.1, -0.05) is 68.4 Å². The molecule has 2 unspecified atom stereocenters. The van der Waals surface area contributed by atoms with Gasteiger partial charge in [0.2, 0.25) is 5.91 Å². The van der Waals surface area contributed by atoms with E-state index in [0.29, 0.717) is 31.1 Å². The normalized spacial score (nSPS) is 16.7. The minimum absolute atomic E-state index is 0.0437. The van der Waals surface area contributed by atoms with Crippen LogP contribution in [0.3, 0.4) is 0 Å². The summed E-state index contributed by atoms with van der Waals surface area (Å²) in [6, 6.07) is 20.7. The molecule has 1 aromatic heterocycles. The molecule has 1 amide bonds. The summed E-state index contributed by atoms with van der Waals surface area (Å²) in [5.41, 5.74) is 4.20. The van der Waals surface area contributed by atoms with Crippen LogP contribution in [0.4, 0.5) is 10.1 Å². The maximum absolute atomic E-state index is 16.0. The molecule has 0 fully saturated rings. The largest absolute Gasteiger partial charge is 0.369 e. The average Bonchev–Trinajstić information content (AvgIpc) is 3.26. The van der Waals surface area contributed by atoms with E-state index in [2.05, 4.69) is 18.9 Å². The first-order valence-corrected chi connectivity index (χ1v) is 14.2. The highest BCUT2D eigenvalue weighted by molar-refractivity contribution is 5.94. The predicted octanol–water partition coefficient (Wildman–Crippen LogP) is 6.46. The van der Waals surface area contributed by atoms with E-state index < -0.39 is 11.5 Å². The summed E-state index contributed by atoms with van der Waals surface area (Å²) in [5.74, 6) is -0.0700. The van der Waals surface area contributed by atoms with Crippen molar-refractivity contribution in [2.75, 3.05) is 4.90 Å². The number of benzene rings is 3. The molecule has 8 heteroatoms. The van der Waals surface area contributed by atoms with E-state index >= 15 is 4.39 Å². The summed E-state index contributed by atoms with van der Waals surface area (Å²) < 4.78 is 24.4. The van der Waals surface area contributed by atoms with Crippen LogP contribution in [-0.4, -0.2) is 20.3 Å². The third-order valence-corrected chi connectivity index (χ3v) is 8.06. The van der Waals surface area contributed by atoms with Crippen LogP contribution in [0.5, 0.6) is 0 Å². The number of hydrogen-bond acceptors (Lipinski definition) is 4. The Labute approximate surface area is 240 Å². The van der Waals surface area contributed by atoms with Crippen molar-refractivity contribution >= 4 is 11.6 Å². The first-order valence-electron chi connectivity index (χ1n) is 14.2. The molecule has 214 valence electrons. The lowest BCUT2D eigenvalue weighted by molar-refractivity contribution is -0.117. The van der Waals surface area contributed by atoms with Crippen molar-refractivity contribution in [3.05, 3.63) is 111 Å². The molecule has 41 heavy (non-hydrogen) atoms. The van der Waals surface area contributed by atoms with E-state index in [-0.39, 0.29) is 36.1 Å². The van der Waals surface area contributed by atoms with Gasteiger partial charge in [0.05, 0.1) is 18.3 Å². The average molecular weight is 557 g/mol. The standard InChI is InChI=1S/C33H37FN4O3/c1-6-36-32(20-41-19-24-13-8-7-9-14-24)35-38(33(36)40)31-17-27-26(21(2)3)16-29(25-15-11-10-12-22(25)4)37(23(5)39)30(27)18-28(31)34/h7-15,17-18,21,26,29H,6,16,19-20H2,1-5H3. The molecule has 3 aromatic carbocycles. The first-order chi connectivity index (χ1) is 19.7. The molecule has 2 atom stereocenters. The number of amides is 1. The van der Waals surface area contributed by atoms with E-state index in [4.69, 9.17) is 4.74 Å². The minimum Gasteiger partial charge on any atom is -0.369 e. The molecule has 2 heterocycles. The number of aryl methyl sites for hydroxylation is 1. The Bertz CT molecular complexity index is 1610. The summed E-state index contributed by atoms with van der Waals surface area (Å²) in [6.07, 6.45) is 0.692. The van der Waals surface area contributed by atoms with Crippen molar-refractivity contribution in [2.24, 2.45) is 5.92 Å². The van der Waals surface area contributed by atoms with Gasteiger partial charge in [-0.15, -0.1) is 5.10 Å².